The van der Waals surface area contributed by atoms with E-state index in [1.807, 2.05) is 11.0 Å². The highest BCUT2D eigenvalue weighted by Crippen LogP contribution is 2.16. The van der Waals surface area contributed by atoms with Crippen LogP contribution in [0.4, 0.5) is 5.69 Å². The van der Waals surface area contributed by atoms with Crippen molar-refractivity contribution in [1.82, 2.24) is 15.1 Å². The molecule has 2 saturated heterocycles. The molecule has 6 heteroatoms. The average Bonchev–Trinajstić information content (AvgIpc) is 3.23. The fourth-order valence-corrected chi connectivity index (χ4v) is 3.62. The van der Waals surface area contributed by atoms with Crippen LogP contribution in [0.25, 0.3) is 0 Å². The first-order valence-electron chi connectivity index (χ1n) is 9.89. The van der Waals surface area contributed by atoms with Crippen LogP contribution in [0.5, 0.6) is 0 Å². The van der Waals surface area contributed by atoms with Gasteiger partial charge in [0.25, 0.3) is 0 Å². The number of para-hydroxylation sites is 1. The molecular formula is C20H31N5O. The topological polar surface area (TPSA) is 51.2 Å². The van der Waals surface area contributed by atoms with Gasteiger partial charge < -0.3 is 20.0 Å². The molecule has 142 valence electrons. The van der Waals surface area contributed by atoms with Crippen molar-refractivity contribution >= 4 is 17.6 Å². The zero-order valence-corrected chi connectivity index (χ0v) is 15.9. The molecule has 0 saturated carbocycles. The molecule has 1 N–H and O–H groups in total. The molecule has 1 aromatic carbocycles. The molecular weight excluding hydrogens is 326 g/mol. The van der Waals surface area contributed by atoms with E-state index in [9.17, 15) is 4.79 Å². The summed E-state index contributed by atoms with van der Waals surface area (Å²) in [6, 6.07) is 10.4. The number of aliphatic imine (C=N–C) groups is 1. The van der Waals surface area contributed by atoms with Crippen molar-refractivity contribution in [2.45, 2.75) is 26.2 Å². The van der Waals surface area contributed by atoms with Gasteiger partial charge in [0.15, 0.2) is 5.96 Å². The summed E-state index contributed by atoms with van der Waals surface area (Å²) in [4.78, 5) is 23.8. The first-order valence-corrected chi connectivity index (χ1v) is 9.89. The molecule has 0 radical (unpaired) electrons. The van der Waals surface area contributed by atoms with Gasteiger partial charge in [-0.1, -0.05) is 18.2 Å². The lowest BCUT2D eigenvalue weighted by Crippen LogP contribution is -2.49. The summed E-state index contributed by atoms with van der Waals surface area (Å²) in [7, 11) is 0. The number of carbonyl (C=O) groups excluding carboxylic acids is 1. The molecule has 0 unspecified atom stereocenters. The predicted octanol–water partition coefficient (Wildman–Crippen LogP) is 1.79. The maximum Gasteiger partial charge on any atom is 0.224 e. The van der Waals surface area contributed by atoms with Gasteiger partial charge in [-0.3, -0.25) is 9.79 Å². The van der Waals surface area contributed by atoms with E-state index in [0.717, 1.165) is 51.8 Å². The summed E-state index contributed by atoms with van der Waals surface area (Å²) >= 11 is 0. The van der Waals surface area contributed by atoms with Crippen LogP contribution in [0, 0.1) is 0 Å². The molecule has 2 fully saturated rings. The molecule has 0 bridgehead atoms. The maximum atomic E-state index is 12.5. The Kier molecular flexibility index (Phi) is 6.75. The first kappa shape index (κ1) is 18.5. The average molecular weight is 358 g/mol. The molecule has 0 spiro atoms. The Morgan fingerprint density at radius 1 is 1.00 bits per heavy atom. The fraction of sp³-hybridized carbons (Fsp3) is 0.600. The van der Waals surface area contributed by atoms with Crippen LogP contribution in [-0.2, 0) is 4.79 Å². The van der Waals surface area contributed by atoms with Crippen LogP contribution < -0.4 is 10.2 Å². The molecule has 0 aromatic heterocycles. The number of carbonyl (C=O) groups is 1. The van der Waals surface area contributed by atoms with E-state index in [1.54, 1.807) is 0 Å². The van der Waals surface area contributed by atoms with Crippen LogP contribution in [-0.4, -0.2) is 74.0 Å². The Labute approximate surface area is 156 Å². The number of piperazine rings is 1. The van der Waals surface area contributed by atoms with E-state index in [1.165, 1.54) is 18.5 Å². The summed E-state index contributed by atoms with van der Waals surface area (Å²) in [5.41, 5.74) is 1.24. The van der Waals surface area contributed by atoms with Crippen molar-refractivity contribution in [3.63, 3.8) is 0 Å². The van der Waals surface area contributed by atoms with Gasteiger partial charge in [-0.05, 0) is 31.9 Å². The number of guanidine groups is 1. The second-order valence-electron chi connectivity index (χ2n) is 6.88. The molecule has 1 amide bonds. The largest absolute Gasteiger partial charge is 0.368 e. The molecule has 26 heavy (non-hydrogen) atoms. The SMILES string of the molecule is CCNC(=NCCC(=O)N1CCN(c2ccccc2)CC1)N1CCCC1. The second kappa shape index (κ2) is 9.46. The van der Waals surface area contributed by atoms with Crippen molar-refractivity contribution < 1.29 is 4.79 Å². The second-order valence-corrected chi connectivity index (χ2v) is 6.88. The number of nitrogens with one attached hydrogen (secondary N) is 1. The Balaban J connectivity index is 1.44. The zero-order valence-electron chi connectivity index (χ0n) is 15.9. The zero-order chi connectivity index (χ0) is 18.2. The van der Waals surface area contributed by atoms with Crippen LogP contribution in [0.15, 0.2) is 35.3 Å². The normalized spacial score (nSPS) is 18.3. The minimum Gasteiger partial charge on any atom is -0.368 e. The quantitative estimate of drug-likeness (QED) is 0.645. The minimum atomic E-state index is 0.221. The smallest absolute Gasteiger partial charge is 0.224 e. The van der Waals surface area contributed by atoms with Crippen molar-refractivity contribution in [2.24, 2.45) is 4.99 Å². The Bertz CT molecular complexity index is 589. The van der Waals surface area contributed by atoms with E-state index in [2.05, 4.69) is 51.3 Å². The molecule has 2 heterocycles. The molecule has 6 nitrogen and oxygen atoms in total. The van der Waals surface area contributed by atoms with E-state index < -0.39 is 0 Å². The van der Waals surface area contributed by atoms with Gasteiger partial charge in [-0.15, -0.1) is 0 Å². The van der Waals surface area contributed by atoms with Crippen LogP contribution in [0.1, 0.15) is 26.2 Å². The summed E-state index contributed by atoms with van der Waals surface area (Å²) in [6.45, 7) is 9.05. The van der Waals surface area contributed by atoms with Gasteiger partial charge in [-0.2, -0.15) is 0 Å². The van der Waals surface area contributed by atoms with Crippen molar-refractivity contribution in [3.05, 3.63) is 30.3 Å². The number of likely N-dealkylation sites (tertiary alicyclic amines) is 1. The number of rotatable bonds is 5. The fourth-order valence-electron chi connectivity index (χ4n) is 3.62. The molecule has 2 aliphatic heterocycles. The van der Waals surface area contributed by atoms with Gasteiger partial charge >= 0.3 is 0 Å². The molecule has 2 aliphatic rings. The minimum absolute atomic E-state index is 0.221. The van der Waals surface area contributed by atoms with Crippen molar-refractivity contribution in [1.29, 1.82) is 0 Å². The van der Waals surface area contributed by atoms with Gasteiger partial charge in [0.1, 0.15) is 0 Å². The monoisotopic (exact) mass is 357 g/mol. The van der Waals surface area contributed by atoms with Gasteiger partial charge in [0.05, 0.1) is 6.54 Å². The van der Waals surface area contributed by atoms with Crippen LogP contribution in [0.3, 0.4) is 0 Å². The van der Waals surface area contributed by atoms with E-state index in [0.29, 0.717) is 13.0 Å². The van der Waals surface area contributed by atoms with Gasteiger partial charge in [0, 0.05) is 57.9 Å². The number of hydrogen-bond donors (Lipinski definition) is 1. The van der Waals surface area contributed by atoms with Crippen molar-refractivity contribution in [3.8, 4) is 0 Å². The molecule has 1 aromatic rings. The third-order valence-corrected chi connectivity index (χ3v) is 5.08. The van der Waals surface area contributed by atoms with Crippen LogP contribution in [0.2, 0.25) is 0 Å². The Morgan fingerprint density at radius 2 is 1.69 bits per heavy atom. The molecule has 0 aliphatic carbocycles. The summed E-state index contributed by atoms with van der Waals surface area (Å²) < 4.78 is 0. The lowest BCUT2D eigenvalue weighted by Gasteiger charge is -2.36. The van der Waals surface area contributed by atoms with E-state index in [-0.39, 0.29) is 5.91 Å². The highest BCUT2D eigenvalue weighted by Gasteiger charge is 2.21. The third kappa shape index (κ3) is 4.90. The standard InChI is InChI=1S/C20H31N5O/c1-2-21-20(25-12-6-7-13-25)22-11-10-19(26)24-16-14-23(15-17-24)18-8-4-3-5-9-18/h3-5,8-9H,2,6-7,10-17H2,1H3,(H,21,22). The number of hydrogen-bond acceptors (Lipinski definition) is 3. The summed E-state index contributed by atoms with van der Waals surface area (Å²) in [5, 5.41) is 3.35. The van der Waals surface area contributed by atoms with Gasteiger partial charge in [0.2, 0.25) is 5.91 Å². The Morgan fingerprint density at radius 3 is 2.35 bits per heavy atom. The number of anilines is 1. The number of benzene rings is 1. The summed E-state index contributed by atoms with van der Waals surface area (Å²) in [6.07, 6.45) is 2.96. The number of amides is 1. The lowest BCUT2D eigenvalue weighted by atomic mass is 10.2. The third-order valence-electron chi connectivity index (χ3n) is 5.08. The molecule has 0 atom stereocenters. The number of nitrogens with zero attached hydrogens (tertiary/aromatic N) is 4. The Hall–Kier alpha value is -2.24. The molecule has 3 rings (SSSR count). The lowest BCUT2D eigenvalue weighted by molar-refractivity contribution is -0.131. The highest BCUT2D eigenvalue weighted by molar-refractivity contribution is 5.81. The summed E-state index contributed by atoms with van der Waals surface area (Å²) in [5.74, 6) is 1.19. The van der Waals surface area contributed by atoms with Crippen LogP contribution >= 0.6 is 0 Å². The van der Waals surface area contributed by atoms with E-state index >= 15 is 0 Å². The van der Waals surface area contributed by atoms with E-state index in [4.69, 9.17) is 0 Å². The van der Waals surface area contributed by atoms with Crippen molar-refractivity contribution in [2.75, 3.05) is 57.3 Å². The maximum absolute atomic E-state index is 12.5. The predicted molar refractivity (Wildman–Crippen MR) is 107 cm³/mol. The first-order chi connectivity index (χ1) is 12.8. The highest BCUT2D eigenvalue weighted by atomic mass is 16.2. The van der Waals surface area contributed by atoms with Gasteiger partial charge in [-0.25, -0.2) is 0 Å².